The minimum absolute atomic E-state index is 0.196. The first-order valence-corrected chi connectivity index (χ1v) is 8.84. The van der Waals surface area contributed by atoms with Gasteiger partial charge in [0.05, 0.1) is 29.0 Å². The lowest BCUT2D eigenvalue weighted by Gasteiger charge is -2.20. The molecule has 0 amide bonds. The van der Waals surface area contributed by atoms with Gasteiger partial charge in [-0.05, 0) is 33.8 Å². The van der Waals surface area contributed by atoms with Crippen LogP contribution in [0.1, 0.15) is 37.7 Å². The third-order valence-corrected chi connectivity index (χ3v) is 4.03. The number of pyridine rings is 1. The third kappa shape index (κ3) is 4.16. The van der Waals surface area contributed by atoms with Gasteiger partial charge >= 0.3 is 0 Å². The van der Waals surface area contributed by atoms with Crippen LogP contribution in [-0.4, -0.2) is 31.5 Å². The number of oxazole rings is 1. The molecule has 0 atom stereocenters. The molecule has 0 aromatic carbocycles. The highest BCUT2D eigenvalue weighted by molar-refractivity contribution is 6.03. The molecular formula is C19H25N7O. The summed E-state index contributed by atoms with van der Waals surface area (Å²) in [7, 11) is 1.89. The molecular weight excluding hydrogens is 342 g/mol. The zero-order valence-corrected chi connectivity index (χ0v) is 16.3. The molecule has 27 heavy (non-hydrogen) atoms. The summed E-state index contributed by atoms with van der Waals surface area (Å²) in [6.45, 7) is 8.33. The number of anilines is 2. The zero-order valence-electron chi connectivity index (χ0n) is 16.3. The van der Waals surface area contributed by atoms with Gasteiger partial charge in [-0.1, -0.05) is 0 Å². The highest BCUT2D eigenvalue weighted by atomic mass is 16.3. The standard InChI is InChI=1S/C19H25N7O/c1-11(2)24-18-15(21-7-14-8-23-26(5)9-14)6-16(25-17(18)12(3)20)19-13(4)22-10-27-19/h6,8-11,20,24H,7H2,1-5H3,(H,21,25). The van der Waals surface area contributed by atoms with Gasteiger partial charge in [0.1, 0.15) is 11.4 Å². The second-order valence-electron chi connectivity index (χ2n) is 6.85. The van der Waals surface area contributed by atoms with Crippen LogP contribution in [0.3, 0.4) is 0 Å². The second-order valence-corrected chi connectivity index (χ2v) is 6.85. The number of hydrogen-bond donors (Lipinski definition) is 3. The normalized spacial score (nSPS) is 11.0. The van der Waals surface area contributed by atoms with Crippen LogP contribution in [0.25, 0.3) is 11.5 Å². The van der Waals surface area contributed by atoms with Gasteiger partial charge < -0.3 is 20.5 Å². The maximum Gasteiger partial charge on any atom is 0.181 e. The van der Waals surface area contributed by atoms with Crippen molar-refractivity contribution in [3.8, 4) is 11.5 Å². The van der Waals surface area contributed by atoms with E-state index in [1.165, 1.54) is 6.39 Å². The maximum atomic E-state index is 8.20. The summed E-state index contributed by atoms with van der Waals surface area (Å²) in [5.74, 6) is 0.609. The topological polar surface area (TPSA) is 105 Å². The molecule has 0 fully saturated rings. The Hall–Kier alpha value is -3.16. The zero-order chi connectivity index (χ0) is 19.6. The molecule has 0 saturated heterocycles. The number of nitrogens with zero attached hydrogens (tertiary/aromatic N) is 4. The smallest absolute Gasteiger partial charge is 0.181 e. The Morgan fingerprint density at radius 2 is 2.15 bits per heavy atom. The van der Waals surface area contributed by atoms with Crippen molar-refractivity contribution in [2.24, 2.45) is 7.05 Å². The van der Waals surface area contributed by atoms with Crippen LogP contribution in [-0.2, 0) is 13.6 Å². The van der Waals surface area contributed by atoms with E-state index in [2.05, 4.69) is 39.5 Å². The number of hydrogen-bond acceptors (Lipinski definition) is 7. The fraction of sp³-hybridized carbons (Fsp3) is 0.368. The van der Waals surface area contributed by atoms with E-state index >= 15 is 0 Å². The predicted molar refractivity (Wildman–Crippen MR) is 106 cm³/mol. The van der Waals surface area contributed by atoms with Gasteiger partial charge in [-0.25, -0.2) is 9.97 Å². The number of rotatable bonds is 7. The van der Waals surface area contributed by atoms with Gasteiger partial charge in [-0.15, -0.1) is 0 Å². The second kappa shape index (κ2) is 7.61. The van der Waals surface area contributed by atoms with E-state index in [0.29, 0.717) is 29.4 Å². The maximum absolute atomic E-state index is 8.20. The van der Waals surface area contributed by atoms with Crippen LogP contribution in [0.2, 0.25) is 0 Å². The molecule has 3 aromatic rings. The van der Waals surface area contributed by atoms with Gasteiger partial charge in [0.2, 0.25) is 0 Å². The molecule has 3 aromatic heterocycles. The van der Waals surface area contributed by atoms with Gasteiger partial charge in [0, 0.05) is 31.4 Å². The SMILES string of the molecule is CC(=N)c1nc(-c2ocnc2C)cc(NCc2cnn(C)c2)c1NC(C)C. The van der Waals surface area contributed by atoms with Crippen molar-refractivity contribution in [2.75, 3.05) is 10.6 Å². The summed E-state index contributed by atoms with van der Waals surface area (Å²) in [5.41, 5.74) is 5.10. The summed E-state index contributed by atoms with van der Waals surface area (Å²) in [6, 6.07) is 2.13. The van der Waals surface area contributed by atoms with E-state index in [9.17, 15) is 0 Å². The van der Waals surface area contributed by atoms with Gasteiger partial charge in [-0.2, -0.15) is 5.10 Å². The Balaban J connectivity index is 2.06. The minimum atomic E-state index is 0.196. The van der Waals surface area contributed by atoms with E-state index in [-0.39, 0.29) is 6.04 Å². The van der Waals surface area contributed by atoms with Crippen LogP contribution in [0.5, 0.6) is 0 Å². The van der Waals surface area contributed by atoms with Gasteiger partial charge in [-0.3, -0.25) is 4.68 Å². The first-order chi connectivity index (χ1) is 12.8. The Kier molecular flexibility index (Phi) is 5.25. The predicted octanol–water partition coefficient (Wildman–Crippen LogP) is 3.60. The summed E-state index contributed by atoms with van der Waals surface area (Å²) in [5, 5.41) is 19.3. The van der Waals surface area contributed by atoms with Crippen LogP contribution in [0.15, 0.2) is 29.3 Å². The molecule has 3 heterocycles. The minimum Gasteiger partial charge on any atom is -0.442 e. The lowest BCUT2D eigenvalue weighted by Crippen LogP contribution is -2.17. The Morgan fingerprint density at radius 3 is 2.70 bits per heavy atom. The Labute approximate surface area is 158 Å². The molecule has 0 spiro atoms. The number of nitrogens with one attached hydrogen (secondary N) is 3. The van der Waals surface area contributed by atoms with Crippen molar-refractivity contribution in [1.82, 2.24) is 19.7 Å². The third-order valence-electron chi connectivity index (χ3n) is 4.03. The van der Waals surface area contributed by atoms with Crippen molar-refractivity contribution >= 4 is 17.1 Å². The highest BCUT2D eigenvalue weighted by Crippen LogP contribution is 2.32. The van der Waals surface area contributed by atoms with Crippen LogP contribution < -0.4 is 10.6 Å². The molecule has 0 aliphatic carbocycles. The average molecular weight is 367 g/mol. The molecule has 0 bridgehead atoms. The summed E-state index contributed by atoms with van der Waals surface area (Å²) in [4.78, 5) is 8.83. The summed E-state index contributed by atoms with van der Waals surface area (Å²) in [6.07, 6.45) is 5.20. The van der Waals surface area contributed by atoms with Crippen LogP contribution in [0.4, 0.5) is 11.4 Å². The molecule has 8 heteroatoms. The highest BCUT2D eigenvalue weighted by Gasteiger charge is 2.19. The summed E-state index contributed by atoms with van der Waals surface area (Å²) < 4.78 is 7.29. The lowest BCUT2D eigenvalue weighted by atomic mass is 10.1. The lowest BCUT2D eigenvalue weighted by molar-refractivity contribution is 0.569. The molecule has 0 aliphatic heterocycles. The van der Waals surface area contributed by atoms with Gasteiger partial charge in [0.15, 0.2) is 12.2 Å². The first-order valence-electron chi connectivity index (χ1n) is 8.84. The molecule has 8 nitrogen and oxygen atoms in total. The van der Waals surface area contributed by atoms with Crippen molar-refractivity contribution in [3.63, 3.8) is 0 Å². The van der Waals surface area contributed by atoms with E-state index in [0.717, 1.165) is 22.6 Å². The van der Waals surface area contributed by atoms with E-state index < -0.39 is 0 Å². The van der Waals surface area contributed by atoms with E-state index in [4.69, 9.17) is 9.83 Å². The molecule has 0 unspecified atom stereocenters. The molecule has 0 aliphatic rings. The van der Waals surface area contributed by atoms with E-state index in [1.54, 1.807) is 11.6 Å². The van der Waals surface area contributed by atoms with Crippen molar-refractivity contribution in [3.05, 3.63) is 41.8 Å². The van der Waals surface area contributed by atoms with Crippen molar-refractivity contribution in [1.29, 1.82) is 5.41 Å². The first kappa shape index (κ1) is 18.6. The van der Waals surface area contributed by atoms with Crippen LogP contribution >= 0.6 is 0 Å². The van der Waals surface area contributed by atoms with Gasteiger partial charge in [0.25, 0.3) is 0 Å². The number of aromatic nitrogens is 4. The van der Waals surface area contributed by atoms with Crippen molar-refractivity contribution in [2.45, 2.75) is 40.3 Å². The monoisotopic (exact) mass is 367 g/mol. The largest absolute Gasteiger partial charge is 0.442 e. The molecule has 3 N–H and O–H groups in total. The van der Waals surface area contributed by atoms with E-state index in [1.807, 2.05) is 32.4 Å². The average Bonchev–Trinajstić information content (AvgIpc) is 3.21. The molecule has 0 saturated carbocycles. The molecule has 142 valence electrons. The Bertz CT molecular complexity index is 955. The summed E-state index contributed by atoms with van der Waals surface area (Å²) >= 11 is 0. The Morgan fingerprint density at radius 1 is 1.37 bits per heavy atom. The molecule has 3 rings (SSSR count). The van der Waals surface area contributed by atoms with Crippen molar-refractivity contribution < 1.29 is 4.42 Å². The fourth-order valence-electron chi connectivity index (χ4n) is 2.82. The van der Waals surface area contributed by atoms with Crippen LogP contribution in [0, 0.1) is 12.3 Å². The molecule has 0 radical (unpaired) electrons. The number of aryl methyl sites for hydroxylation is 2. The quantitative estimate of drug-likeness (QED) is 0.551. The fourth-order valence-corrected chi connectivity index (χ4v) is 2.82.